The molecule has 0 atom stereocenters. The maximum atomic E-state index is 5.20. The highest BCUT2D eigenvalue weighted by atomic mass is 14.7. The van der Waals surface area contributed by atoms with E-state index in [1.807, 2.05) is 30.7 Å². The van der Waals surface area contributed by atoms with Crippen LogP contribution in [0.5, 0.6) is 0 Å². The van der Waals surface area contributed by atoms with E-state index >= 15 is 0 Å². The second kappa shape index (κ2) is 9.62. The predicted octanol–water partition coefficient (Wildman–Crippen LogP) is 10.7. The molecule has 4 nitrogen and oxygen atoms in total. The molecule has 6 aromatic carbocycles. The van der Waals surface area contributed by atoms with Crippen LogP contribution in [0.1, 0.15) is 0 Å². The van der Waals surface area contributed by atoms with Crippen molar-refractivity contribution in [3.05, 3.63) is 146 Å². The zero-order valence-corrected chi connectivity index (χ0v) is 24.6. The quantitative estimate of drug-likeness (QED) is 0.150. The van der Waals surface area contributed by atoms with Gasteiger partial charge in [-0.1, -0.05) is 103 Å². The van der Waals surface area contributed by atoms with Crippen LogP contribution in [0, 0.1) is 0 Å². The van der Waals surface area contributed by atoms with E-state index in [-0.39, 0.29) is 0 Å². The van der Waals surface area contributed by atoms with E-state index in [0.29, 0.717) is 0 Å². The Bertz CT molecular complexity index is 2820. The number of pyridine rings is 4. The van der Waals surface area contributed by atoms with E-state index in [2.05, 4.69) is 115 Å². The molecule has 0 unspecified atom stereocenters. The van der Waals surface area contributed by atoms with Gasteiger partial charge in [0.05, 0.1) is 27.6 Å². The Labute approximate surface area is 263 Å². The minimum atomic E-state index is 0.915. The van der Waals surface area contributed by atoms with Crippen molar-refractivity contribution < 1.29 is 0 Å². The minimum absolute atomic E-state index is 0.915. The number of rotatable bonds is 2. The lowest BCUT2D eigenvalue weighted by molar-refractivity contribution is 1.37. The SMILES string of the molecule is c1cnc2c(c1)ccc1c(-c3c4ccccc4c(-c4c5ccccc5nc5c4ccc4cccnc45)c4ccccc34)ccnc12. The monoisotopic (exact) mass is 584 g/mol. The third-order valence-electron chi connectivity index (χ3n) is 9.36. The lowest BCUT2D eigenvalue weighted by atomic mass is 9.83. The lowest BCUT2D eigenvalue weighted by Gasteiger charge is -2.21. The fraction of sp³-hybridized carbons (Fsp3) is 0. The van der Waals surface area contributed by atoms with Crippen molar-refractivity contribution in [2.75, 3.05) is 0 Å². The number of hydrogen-bond donors (Lipinski definition) is 0. The van der Waals surface area contributed by atoms with Crippen molar-refractivity contribution in [3.63, 3.8) is 0 Å². The van der Waals surface area contributed by atoms with Gasteiger partial charge >= 0.3 is 0 Å². The van der Waals surface area contributed by atoms with Gasteiger partial charge in [0.1, 0.15) is 0 Å². The van der Waals surface area contributed by atoms with Crippen LogP contribution in [0.3, 0.4) is 0 Å². The van der Waals surface area contributed by atoms with Gasteiger partial charge in [0.15, 0.2) is 0 Å². The standard InChI is InChI=1S/C42H24N4/c1-3-13-29-27(11-1)36(31-21-24-45-41-32(31)19-17-25-9-7-22-43-39(25)41)28-12-2-4-14-30(28)37(29)38-33-15-5-6-16-35(33)46-42-34(38)20-18-26-10-8-23-44-40(26)42/h1-24H. The van der Waals surface area contributed by atoms with Crippen LogP contribution in [0.2, 0.25) is 0 Å². The maximum Gasteiger partial charge on any atom is 0.0978 e. The van der Waals surface area contributed by atoms with E-state index in [0.717, 1.165) is 60.1 Å². The first kappa shape index (κ1) is 25.1. The van der Waals surface area contributed by atoms with Crippen molar-refractivity contribution in [2.24, 2.45) is 0 Å². The maximum absolute atomic E-state index is 5.20. The van der Waals surface area contributed by atoms with Crippen molar-refractivity contribution in [1.82, 2.24) is 19.9 Å². The summed E-state index contributed by atoms with van der Waals surface area (Å²) in [6, 6.07) is 45.2. The van der Waals surface area contributed by atoms with E-state index in [1.54, 1.807) is 0 Å². The summed E-state index contributed by atoms with van der Waals surface area (Å²) in [5.41, 5.74) is 9.37. The molecule has 10 aromatic rings. The van der Waals surface area contributed by atoms with Gasteiger partial charge in [-0.05, 0) is 62.5 Å². The molecule has 0 aliphatic carbocycles. The molecule has 0 saturated heterocycles. The number of hydrogen-bond acceptors (Lipinski definition) is 4. The van der Waals surface area contributed by atoms with Crippen LogP contribution in [0.25, 0.3) is 98.3 Å². The van der Waals surface area contributed by atoms with E-state index < -0.39 is 0 Å². The third kappa shape index (κ3) is 3.49. The molecule has 0 aliphatic rings. The Kier molecular flexibility index (Phi) is 5.25. The molecule has 0 saturated carbocycles. The summed E-state index contributed by atoms with van der Waals surface area (Å²) in [6.45, 7) is 0. The molecular formula is C42H24N4. The van der Waals surface area contributed by atoms with Crippen LogP contribution < -0.4 is 0 Å². The molecule has 0 radical (unpaired) electrons. The van der Waals surface area contributed by atoms with Crippen molar-refractivity contribution >= 4 is 76.1 Å². The van der Waals surface area contributed by atoms with E-state index in [4.69, 9.17) is 19.9 Å². The summed E-state index contributed by atoms with van der Waals surface area (Å²) in [7, 11) is 0. The van der Waals surface area contributed by atoms with Crippen molar-refractivity contribution in [2.45, 2.75) is 0 Å². The van der Waals surface area contributed by atoms with Crippen LogP contribution >= 0.6 is 0 Å². The summed E-state index contributed by atoms with van der Waals surface area (Å²) in [5.74, 6) is 0. The first-order valence-corrected chi connectivity index (χ1v) is 15.5. The van der Waals surface area contributed by atoms with Gasteiger partial charge < -0.3 is 0 Å². The molecule has 212 valence electrons. The second-order valence-electron chi connectivity index (χ2n) is 11.8. The van der Waals surface area contributed by atoms with Crippen LogP contribution in [0.15, 0.2) is 146 Å². The van der Waals surface area contributed by atoms with Gasteiger partial charge in [-0.15, -0.1) is 0 Å². The topological polar surface area (TPSA) is 51.6 Å². The van der Waals surface area contributed by atoms with E-state index in [9.17, 15) is 0 Å². The number of nitrogens with zero attached hydrogens (tertiary/aromatic N) is 4. The fourth-order valence-corrected chi connectivity index (χ4v) is 7.42. The number of fused-ring (bicyclic) bond motifs is 9. The first-order chi connectivity index (χ1) is 22.8. The Morgan fingerprint density at radius 1 is 0.304 bits per heavy atom. The number of benzene rings is 6. The molecule has 4 heterocycles. The van der Waals surface area contributed by atoms with Gasteiger partial charge in [-0.25, -0.2) is 4.98 Å². The number of para-hydroxylation sites is 1. The molecule has 10 rings (SSSR count). The average Bonchev–Trinajstić information content (AvgIpc) is 3.13. The van der Waals surface area contributed by atoms with Crippen LogP contribution in [0.4, 0.5) is 0 Å². The summed E-state index contributed by atoms with van der Waals surface area (Å²) in [5, 5.41) is 10.3. The molecule has 0 spiro atoms. The van der Waals surface area contributed by atoms with Crippen LogP contribution in [-0.4, -0.2) is 19.9 Å². The van der Waals surface area contributed by atoms with Crippen molar-refractivity contribution in [1.29, 1.82) is 0 Å². The average molecular weight is 585 g/mol. The molecular weight excluding hydrogens is 560 g/mol. The minimum Gasteiger partial charge on any atom is -0.254 e. The molecule has 0 amide bonds. The molecule has 46 heavy (non-hydrogen) atoms. The molecule has 0 bridgehead atoms. The smallest absolute Gasteiger partial charge is 0.0978 e. The molecule has 0 N–H and O–H groups in total. The second-order valence-corrected chi connectivity index (χ2v) is 11.8. The molecule has 0 aliphatic heterocycles. The van der Waals surface area contributed by atoms with Crippen LogP contribution in [-0.2, 0) is 0 Å². The highest BCUT2D eigenvalue weighted by Crippen LogP contribution is 2.48. The Morgan fingerprint density at radius 3 is 1.50 bits per heavy atom. The Morgan fingerprint density at radius 2 is 0.826 bits per heavy atom. The number of aromatic nitrogens is 4. The van der Waals surface area contributed by atoms with Gasteiger partial charge in [0, 0.05) is 51.1 Å². The molecule has 4 aromatic heterocycles. The highest BCUT2D eigenvalue weighted by molar-refractivity contribution is 6.29. The summed E-state index contributed by atoms with van der Waals surface area (Å²) in [4.78, 5) is 19.6. The Hall–Kier alpha value is -6.26. The normalized spacial score (nSPS) is 11.9. The summed E-state index contributed by atoms with van der Waals surface area (Å²) in [6.07, 6.45) is 5.62. The van der Waals surface area contributed by atoms with Gasteiger partial charge in [0.25, 0.3) is 0 Å². The van der Waals surface area contributed by atoms with Gasteiger partial charge in [0.2, 0.25) is 0 Å². The largest absolute Gasteiger partial charge is 0.254 e. The van der Waals surface area contributed by atoms with Gasteiger partial charge in [-0.2, -0.15) is 0 Å². The van der Waals surface area contributed by atoms with E-state index in [1.165, 1.54) is 38.2 Å². The molecule has 0 fully saturated rings. The summed E-state index contributed by atoms with van der Waals surface area (Å²) >= 11 is 0. The van der Waals surface area contributed by atoms with Gasteiger partial charge in [-0.3, -0.25) is 15.0 Å². The zero-order valence-electron chi connectivity index (χ0n) is 24.6. The fourth-order valence-electron chi connectivity index (χ4n) is 7.42. The third-order valence-corrected chi connectivity index (χ3v) is 9.36. The lowest BCUT2D eigenvalue weighted by Crippen LogP contribution is -1.95. The molecule has 4 heteroatoms. The predicted molar refractivity (Wildman–Crippen MR) is 191 cm³/mol. The van der Waals surface area contributed by atoms with Crippen molar-refractivity contribution in [3.8, 4) is 22.3 Å². The Balaban J connectivity index is 1.41. The summed E-state index contributed by atoms with van der Waals surface area (Å²) < 4.78 is 0. The highest BCUT2D eigenvalue weighted by Gasteiger charge is 2.22. The first-order valence-electron chi connectivity index (χ1n) is 15.5. The zero-order chi connectivity index (χ0) is 30.2.